The summed E-state index contributed by atoms with van der Waals surface area (Å²) in [5, 5.41) is 0. The van der Waals surface area contributed by atoms with Crippen LogP contribution in [0.5, 0.6) is 5.75 Å². The van der Waals surface area contributed by atoms with Gasteiger partial charge in [-0.05, 0) is 26.0 Å². The molecule has 0 radical (unpaired) electrons. The highest BCUT2D eigenvalue weighted by atomic mass is 32.1. The minimum Gasteiger partial charge on any atom is -0.494 e. The molecule has 0 bridgehead atoms. The summed E-state index contributed by atoms with van der Waals surface area (Å²) in [6, 6.07) is 5.10. The van der Waals surface area contributed by atoms with Gasteiger partial charge in [0.05, 0.1) is 24.4 Å². The van der Waals surface area contributed by atoms with Crippen molar-refractivity contribution in [3.8, 4) is 5.75 Å². The van der Waals surface area contributed by atoms with Crippen LogP contribution in [0.2, 0.25) is 0 Å². The Hall–Kier alpha value is -2.08. The summed E-state index contributed by atoms with van der Waals surface area (Å²) in [7, 11) is 1.77. The number of rotatable bonds is 5. The number of thiazole rings is 1. The smallest absolute Gasteiger partial charge is 0.254 e. The SMILES string of the molecule is CCOc1cc(N)cc(C(=O)N(C)Cc2scnc2C)c1. The van der Waals surface area contributed by atoms with E-state index in [9.17, 15) is 4.79 Å². The fourth-order valence-corrected chi connectivity index (χ4v) is 2.81. The van der Waals surface area contributed by atoms with Gasteiger partial charge in [0.15, 0.2) is 0 Å². The fourth-order valence-electron chi connectivity index (χ4n) is 1.98. The van der Waals surface area contributed by atoms with Gasteiger partial charge in [-0.25, -0.2) is 4.98 Å². The number of carbonyl (C=O) groups excluding carboxylic acids is 1. The van der Waals surface area contributed by atoms with E-state index >= 15 is 0 Å². The van der Waals surface area contributed by atoms with Gasteiger partial charge in [-0.2, -0.15) is 0 Å². The molecule has 0 unspecified atom stereocenters. The minimum atomic E-state index is -0.0870. The molecule has 0 atom stereocenters. The third-order valence-corrected chi connectivity index (χ3v) is 3.98. The second-order valence-corrected chi connectivity index (χ2v) is 5.69. The molecule has 0 aliphatic heterocycles. The molecule has 1 aromatic heterocycles. The summed E-state index contributed by atoms with van der Waals surface area (Å²) in [5.74, 6) is 0.527. The van der Waals surface area contributed by atoms with Crippen molar-refractivity contribution in [2.45, 2.75) is 20.4 Å². The Morgan fingerprint density at radius 2 is 2.19 bits per heavy atom. The molecule has 2 rings (SSSR count). The van der Waals surface area contributed by atoms with Gasteiger partial charge in [0.25, 0.3) is 5.91 Å². The molecule has 0 fully saturated rings. The maximum atomic E-state index is 12.5. The predicted octanol–water partition coefficient (Wildman–Crippen LogP) is 2.70. The number of carbonyl (C=O) groups is 1. The number of ether oxygens (including phenoxy) is 1. The van der Waals surface area contributed by atoms with Crippen molar-refractivity contribution in [3.05, 3.63) is 39.8 Å². The van der Waals surface area contributed by atoms with Crippen molar-refractivity contribution in [1.29, 1.82) is 0 Å². The molecule has 0 aliphatic carbocycles. The van der Waals surface area contributed by atoms with Crippen molar-refractivity contribution in [3.63, 3.8) is 0 Å². The van der Waals surface area contributed by atoms with Crippen LogP contribution in [0.1, 0.15) is 27.9 Å². The van der Waals surface area contributed by atoms with Crippen LogP contribution < -0.4 is 10.5 Å². The number of hydrogen-bond donors (Lipinski definition) is 1. The fraction of sp³-hybridized carbons (Fsp3) is 0.333. The summed E-state index contributed by atoms with van der Waals surface area (Å²) in [4.78, 5) is 19.4. The van der Waals surface area contributed by atoms with E-state index in [-0.39, 0.29) is 5.91 Å². The van der Waals surface area contributed by atoms with E-state index in [0.29, 0.717) is 30.2 Å². The lowest BCUT2D eigenvalue weighted by molar-refractivity contribution is 0.0786. The Kier molecular flexibility index (Phi) is 4.80. The number of anilines is 1. The zero-order valence-electron chi connectivity index (χ0n) is 12.4. The van der Waals surface area contributed by atoms with Gasteiger partial charge < -0.3 is 15.4 Å². The number of benzene rings is 1. The lowest BCUT2D eigenvalue weighted by atomic mass is 10.1. The second-order valence-electron chi connectivity index (χ2n) is 4.75. The maximum absolute atomic E-state index is 12.5. The summed E-state index contributed by atoms with van der Waals surface area (Å²) in [6.45, 7) is 4.91. The van der Waals surface area contributed by atoms with E-state index in [1.807, 2.05) is 13.8 Å². The molecule has 0 saturated carbocycles. The van der Waals surface area contributed by atoms with Crippen molar-refractivity contribution in [2.75, 3.05) is 19.4 Å². The second kappa shape index (κ2) is 6.58. The lowest BCUT2D eigenvalue weighted by Crippen LogP contribution is -2.26. The zero-order chi connectivity index (χ0) is 15.4. The van der Waals surface area contributed by atoms with Crippen molar-refractivity contribution < 1.29 is 9.53 Å². The highest BCUT2D eigenvalue weighted by molar-refractivity contribution is 7.09. The van der Waals surface area contributed by atoms with Crippen LogP contribution in [0.25, 0.3) is 0 Å². The maximum Gasteiger partial charge on any atom is 0.254 e. The molecule has 1 aromatic carbocycles. The molecule has 2 aromatic rings. The molecule has 21 heavy (non-hydrogen) atoms. The Bertz CT molecular complexity index is 640. The molecule has 0 spiro atoms. The number of nitrogens with two attached hydrogens (primary N) is 1. The summed E-state index contributed by atoms with van der Waals surface area (Å²) in [6.07, 6.45) is 0. The molecule has 5 nitrogen and oxygen atoms in total. The van der Waals surface area contributed by atoms with E-state index < -0.39 is 0 Å². The third kappa shape index (κ3) is 3.72. The number of hydrogen-bond acceptors (Lipinski definition) is 5. The van der Waals surface area contributed by atoms with Crippen LogP contribution in [0.15, 0.2) is 23.7 Å². The highest BCUT2D eigenvalue weighted by Crippen LogP contribution is 2.21. The molecule has 6 heteroatoms. The Labute approximate surface area is 128 Å². The first kappa shape index (κ1) is 15.3. The van der Waals surface area contributed by atoms with E-state index in [2.05, 4.69) is 4.98 Å². The van der Waals surface area contributed by atoms with Gasteiger partial charge in [-0.3, -0.25) is 4.79 Å². The molecular weight excluding hydrogens is 286 g/mol. The van der Waals surface area contributed by atoms with E-state index in [4.69, 9.17) is 10.5 Å². The lowest BCUT2D eigenvalue weighted by Gasteiger charge is -2.17. The molecule has 0 saturated heterocycles. The van der Waals surface area contributed by atoms with Crippen LogP contribution in [0, 0.1) is 6.92 Å². The van der Waals surface area contributed by atoms with Gasteiger partial charge in [-0.15, -0.1) is 11.3 Å². The van der Waals surface area contributed by atoms with Crippen LogP contribution in [0.3, 0.4) is 0 Å². The average Bonchev–Trinajstić information content (AvgIpc) is 2.83. The molecule has 1 heterocycles. The van der Waals surface area contributed by atoms with Gasteiger partial charge in [0, 0.05) is 29.2 Å². The molecule has 1 amide bonds. The Balaban J connectivity index is 2.17. The minimum absolute atomic E-state index is 0.0870. The first-order chi connectivity index (χ1) is 10.0. The summed E-state index contributed by atoms with van der Waals surface area (Å²) >= 11 is 1.55. The number of aromatic nitrogens is 1. The highest BCUT2D eigenvalue weighted by Gasteiger charge is 2.15. The van der Waals surface area contributed by atoms with Crippen LogP contribution >= 0.6 is 11.3 Å². The summed E-state index contributed by atoms with van der Waals surface area (Å²) < 4.78 is 5.42. The number of amides is 1. The van der Waals surface area contributed by atoms with E-state index in [1.165, 1.54) is 0 Å². The standard InChI is InChI=1S/C15H19N3O2S/c1-4-20-13-6-11(5-12(16)7-13)15(19)18(3)8-14-10(2)17-9-21-14/h5-7,9H,4,8,16H2,1-3H3. The van der Waals surface area contributed by atoms with Gasteiger partial charge in [0.1, 0.15) is 5.75 Å². The van der Waals surface area contributed by atoms with E-state index in [1.54, 1.807) is 47.0 Å². The molecular formula is C15H19N3O2S. The quantitative estimate of drug-likeness (QED) is 0.862. The first-order valence-corrected chi connectivity index (χ1v) is 7.57. The summed E-state index contributed by atoms with van der Waals surface area (Å²) in [5.41, 5.74) is 9.63. The molecule has 2 N–H and O–H groups in total. The third-order valence-electron chi connectivity index (χ3n) is 3.06. The van der Waals surface area contributed by atoms with Gasteiger partial charge >= 0.3 is 0 Å². The van der Waals surface area contributed by atoms with Crippen molar-refractivity contribution in [2.24, 2.45) is 0 Å². The molecule has 0 aliphatic rings. The predicted molar refractivity (Wildman–Crippen MR) is 84.7 cm³/mol. The first-order valence-electron chi connectivity index (χ1n) is 6.69. The topological polar surface area (TPSA) is 68.5 Å². The van der Waals surface area contributed by atoms with Crippen molar-refractivity contribution >= 4 is 22.9 Å². The van der Waals surface area contributed by atoms with Crippen molar-refractivity contribution in [1.82, 2.24) is 9.88 Å². The molecule has 112 valence electrons. The Morgan fingerprint density at radius 1 is 1.43 bits per heavy atom. The van der Waals surface area contributed by atoms with Crippen LogP contribution in [0.4, 0.5) is 5.69 Å². The largest absolute Gasteiger partial charge is 0.494 e. The van der Waals surface area contributed by atoms with Gasteiger partial charge in [-0.1, -0.05) is 0 Å². The van der Waals surface area contributed by atoms with E-state index in [0.717, 1.165) is 10.6 Å². The number of nitrogen functional groups attached to an aromatic ring is 1. The zero-order valence-corrected chi connectivity index (χ0v) is 13.2. The van der Waals surface area contributed by atoms with Gasteiger partial charge in [0.2, 0.25) is 0 Å². The average molecular weight is 305 g/mol. The number of nitrogens with zero attached hydrogens (tertiary/aromatic N) is 2. The van der Waals surface area contributed by atoms with Crippen LogP contribution in [-0.2, 0) is 6.54 Å². The monoisotopic (exact) mass is 305 g/mol. The number of aryl methyl sites for hydroxylation is 1. The normalized spacial score (nSPS) is 10.4. The van der Waals surface area contributed by atoms with Crippen LogP contribution in [-0.4, -0.2) is 29.4 Å². The Morgan fingerprint density at radius 3 is 2.81 bits per heavy atom.